The van der Waals surface area contributed by atoms with E-state index in [1.165, 1.54) is 11.0 Å². The minimum absolute atomic E-state index is 0.167. The molecule has 0 saturated carbocycles. The second-order valence-corrected chi connectivity index (χ2v) is 5.76. The summed E-state index contributed by atoms with van der Waals surface area (Å²) in [5.41, 5.74) is 2.11. The van der Waals surface area contributed by atoms with Gasteiger partial charge in [0.05, 0.1) is 23.2 Å². The number of benzene rings is 1. The van der Waals surface area contributed by atoms with Crippen molar-refractivity contribution in [1.82, 2.24) is 15.0 Å². The molecule has 0 unspecified atom stereocenters. The number of halogens is 1. The Bertz CT molecular complexity index is 923. The van der Waals surface area contributed by atoms with Crippen molar-refractivity contribution in [1.29, 1.82) is 0 Å². The summed E-state index contributed by atoms with van der Waals surface area (Å²) in [6.07, 6.45) is 0. The topological polar surface area (TPSA) is 68.5 Å². The number of aryl methyl sites for hydroxylation is 2. The number of hydrogen-bond acceptors (Lipinski definition) is 5. The molecule has 3 aromatic rings. The van der Waals surface area contributed by atoms with Gasteiger partial charge in [0.2, 0.25) is 0 Å². The summed E-state index contributed by atoms with van der Waals surface area (Å²) >= 11 is 0. The number of carbonyl (C=O) groups is 1. The van der Waals surface area contributed by atoms with Crippen LogP contribution in [0.25, 0.3) is 11.1 Å². The summed E-state index contributed by atoms with van der Waals surface area (Å²) in [6.45, 7) is 4.04. The number of carbonyl (C=O) groups excluding carboxylic acids is 1. The molecule has 0 saturated heterocycles. The molecule has 130 valence electrons. The molecule has 0 spiro atoms. The maximum absolute atomic E-state index is 13.5. The van der Waals surface area contributed by atoms with E-state index >= 15 is 0 Å². The molecule has 0 bridgehead atoms. The first-order valence-corrected chi connectivity index (χ1v) is 7.84. The summed E-state index contributed by atoms with van der Waals surface area (Å²) < 4.78 is 24.1. The van der Waals surface area contributed by atoms with Crippen molar-refractivity contribution in [3.05, 3.63) is 53.1 Å². The van der Waals surface area contributed by atoms with Gasteiger partial charge in [-0.15, -0.1) is 0 Å². The van der Waals surface area contributed by atoms with E-state index in [0.717, 1.165) is 0 Å². The fourth-order valence-electron chi connectivity index (χ4n) is 2.55. The molecule has 7 heteroatoms. The predicted octanol–water partition coefficient (Wildman–Crippen LogP) is 3.13. The second-order valence-electron chi connectivity index (χ2n) is 5.76. The number of ether oxygens (including phenoxy) is 1. The van der Waals surface area contributed by atoms with E-state index in [1.807, 2.05) is 0 Å². The Labute approximate surface area is 144 Å². The van der Waals surface area contributed by atoms with Crippen LogP contribution < -0.4 is 4.74 Å². The highest BCUT2D eigenvalue weighted by atomic mass is 19.1. The highest BCUT2D eigenvalue weighted by Gasteiger charge is 2.20. The number of hydrogen-bond donors (Lipinski definition) is 0. The van der Waals surface area contributed by atoms with Gasteiger partial charge in [0.25, 0.3) is 11.6 Å². The molecule has 0 radical (unpaired) electrons. The Morgan fingerprint density at radius 1 is 1.32 bits per heavy atom. The van der Waals surface area contributed by atoms with Gasteiger partial charge >= 0.3 is 0 Å². The average Bonchev–Trinajstić information content (AvgIpc) is 2.96. The van der Waals surface area contributed by atoms with Crippen molar-refractivity contribution >= 4 is 17.0 Å². The molecule has 2 heterocycles. The lowest BCUT2D eigenvalue weighted by Gasteiger charge is -2.18. The first kappa shape index (κ1) is 16.9. The van der Waals surface area contributed by atoms with Crippen molar-refractivity contribution in [3.63, 3.8) is 0 Å². The minimum Gasteiger partial charge on any atom is -0.489 e. The van der Waals surface area contributed by atoms with Gasteiger partial charge in [-0.2, -0.15) is 0 Å². The van der Waals surface area contributed by atoms with E-state index in [9.17, 15) is 9.18 Å². The van der Waals surface area contributed by atoms with Crippen LogP contribution >= 0.6 is 0 Å². The summed E-state index contributed by atoms with van der Waals surface area (Å²) in [7, 11) is 1.66. The van der Waals surface area contributed by atoms with E-state index in [-0.39, 0.29) is 18.3 Å². The molecule has 0 N–H and O–H groups in total. The number of para-hydroxylation sites is 1. The zero-order valence-corrected chi connectivity index (χ0v) is 14.2. The predicted molar refractivity (Wildman–Crippen MR) is 90.1 cm³/mol. The Morgan fingerprint density at radius 2 is 2.08 bits per heavy atom. The van der Waals surface area contributed by atoms with Crippen LogP contribution in [0.1, 0.15) is 21.7 Å². The molecule has 0 aliphatic rings. The number of likely N-dealkylation sites (N-methyl/N-ethyl adjacent to an activating group) is 1. The third-order valence-corrected chi connectivity index (χ3v) is 3.84. The fraction of sp³-hybridized carbons (Fsp3) is 0.278. The smallest absolute Gasteiger partial charge is 0.258 e. The van der Waals surface area contributed by atoms with Crippen LogP contribution in [0.4, 0.5) is 4.39 Å². The normalized spacial score (nSPS) is 10.9. The van der Waals surface area contributed by atoms with Crippen LogP contribution in [0.5, 0.6) is 5.75 Å². The number of pyridine rings is 1. The summed E-state index contributed by atoms with van der Waals surface area (Å²) in [4.78, 5) is 18.5. The molecule has 0 fully saturated rings. The molecule has 0 atom stereocenters. The number of rotatable bonds is 5. The summed E-state index contributed by atoms with van der Waals surface area (Å²) in [6, 6.07) is 7.88. The van der Waals surface area contributed by atoms with Crippen molar-refractivity contribution in [2.24, 2.45) is 0 Å². The number of amides is 1. The van der Waals surface area contributed by atoms with Crippen LogP contribution in [0.3, 0.4) is 0 Å². The fourth-order valence-corrected chi connectivity index (χ4v) is 2.55. The minimum atomic E-state index is -0.428. The largest absolute Gasteiger partial charge is 0.489 e. The van der Waals surface area contributed by atoms with Crippen LogP contribution in [0.2, 0.25) is 0 Å². The first-order chi connectivity index (χ1) is 12.0. The zero-order valence-electron chi connectivity index (χ0n) is 14.2. The molecular formula is C18H18FN3O3. The van der Waals surface area contributed by atoms with Gasteiger partial charge in [-0.05, 0) is 32.0 Å². The highest BCUT2D eigenvalue weighted by Crippen LogP contribution is 2.23. The lowest BCUT2D eigenvalue weighted by Crippen LogP contribution is -2.31. The molecular weight excluding hydrogens is 325 g/mol. The van der Waals surface area contributed by atoms with Gasteiger partial charge in [-0.3, -0.25) is 4.79 Å². The lowest BCUT2D eigenvalue weighted by molar-refractivity contribution is 0.0774. The van der Waals surface area contributed by atoms with Gasteiger partial charge in [0, 0.05) is 12.7 Å². The van der Waals surface area contributed by atoms with Crippen LogP contribution in [-0.2, 0) is 0 Å². The maximum atomic E-state index is 13.5. The Hall–Kier alpha value is -2.96. The molecule has 25 heavy (non-hydrogen) atoms. The van der Waals surface area contributed by atoms with E-state index in [0.29, 0.717) is 34.6 Å². The van der Waals surface area contributed by atoms with E-state index in [2.05, 4.69) is 10.1 Å². The molecule has 0 aliphatic carbocycles. The highest BCUT2D eigenvalue weighted by molar-refractivity contribution is 6.05. The summed E-state index contributed by atoms with van der Waals surface area (Å²) in [5, 5.41) is 4.48. The van der Waals surface area contributed by atoms with Crippen molar-refractivity contribution in [3.8, 4) is 5.75 Å². The first-order valence-electron chi connectivity index (χ1n) is 7.84. The van der Waals surface area contributed by atoms with Crippen molar-refractivity contribution < 1.29 is 18.4 Å². The van der Waals surface area contributed by atoms with E-state index in [4.69, 9.17) is 9.26 Å². The van der Waals surface area contributed by atoms with Crippen LogP contribution in [-0.4, -0.2) is 41.1 Å². The molecule has 0 aliphatic heterocycles. The van der Waals surface area contributed by atoms with E-state index < -0.39 is 5.82 Å². The van der Waals surface area contributed by atoms with Crippen LogP contribution in [0.15, 0.2) is 34.9 Å². The third-order valence-electron chi connectivity index (χ3n) is 3.84. The monoisotopic (exact) mass is 343 g/mol. The zero-order chi connectivity index (χ0) is 18.0. The van der Waals surface area contributed by atoms with Gasteiger partial charge in [0.15, 0.2) is 11.6 Å². The van der Waals surface area contributed by atoms with Gasteiger partial charge < -0.3 is 14.2 Å². The SMILES string of the molecule is Cc1cc(C(=O)N(C)CCOc2ccccc2F)c2c(C)noc2n1. The molecule has 1 aromatic carbocycles. The van der Waals surface area contributed by atoms with E-state index in [1.54, 1.807) is 45.2 Å². The van der Waals surface area contributed by atoms with Gasteiger partial charge in [-0.25, -0.2) is 9.37 Å². The number of aromatic nitrogens is 2. The second kappa shape index (κ2) is 6.88. The molecule has 2 aromatic heterocycles. The Kier molecular flexibility index (Phi) is 4.65. The summed E-state index contributed by atoms with van der Waals surface area (Å²) in [5.74, 6) is -0.456. The Morgan fingerprint density at radius 3 is 2.84 bits per heavy atom. The standard InChI is InChI=1S/C18H18FN3O3/c1-11-10-13(16-12(2)21-25-17(16)20-11)18(23)22(3)8-9-24-15-7-5-4-6-14(15)19/h4-7,10H,8-9H2,1-3H3. The third kappa shape index (κ3) is 3.45. The number of nitrogens with zero attached hydrogens (tertiary/aromatic N) is 3. The molecule has 6 nitrogen and oxygen atoms in total. The van der Waals surface area contributed by atoms with Crippen molar-refractivity contribution in [2.75, 3.05) is 20.2 Å². The van der Waals surface area contributed by atoms with Gasteiger partial charge in [0.1, 0.15) is 6.61 Å². The quantitative estimate of drug-likeness (QED) is 0.712. The number of fused-ring (bicyclic) bond motifs is 1. The van der Waals surface area contributed by atoms with Crippen LogP contribution in [0, 0.1) is 19.7 Å². The van der Waals surface area contributed by atoms with Crippen molar-refractivity contribution in [2.45, 2.75) is 13.8 Å². The molecule has 1 amide bonds. The lowest BCUT2D eigenvalue weighted by atomic mass is 10.1. The average molecular weight is 343 g/mol. The molecule has 3 rings (SSSR count). The Balaban J connectivity index is 1.73. The van der Waals surface area contributed by atoms with Gasteiger partial charge in [-0.1, -0.05) is 17.3 Å². The maximum Gasteiger partial charge on any atom is 0.258 e.